The van der Waals surface area contributed by atoms with Gasteiger partial charge in [0.2, 0.25) is 5.82 Å². The predicted octanol–water partition coefficient (Wildman–Crippen LogP) is 3.55. The zero-order valence-corrected chi connectivity index (χ0v) is 11.9. The molecular weight excluding hydrogens is 329 g/mol. The Labute approximate surface area is 123 Å². The van der Waals surface area contributed by atoms with Crippen molar-refractivity contribution in [3.8, 4) is 0 Å². The standard InChI is InChI=1S/C13H11BrFN3O2/c14-10-7-12(18(19)20)13(17-8-10)16-6-5-9-3-1-2-4-11(9)15/h1-4,7-8H,5-6H2,(H,16,17). The van der Waals surface area contributed by atoms with Crippen molar-refractivity contribution in [1.82, 2.24) is 4.98 Å². The van der Waals surface area contributed by atoms with Crippen LogP contribution in [-0.4, -0.2) is 16.5 Å². The first-order valence-corrected chi connectivity index (χ1v) is 6.64. The van der Waals surface area contributed by atoms with Gasteiger partial charge in [-0.1, -0.05) is 18.2 Å². The fourth-order valence-electron chi connectivity index (χ4n) is 1.72. The molecule has 5 nitrogen and oxygen atoms in total. The summed E-state index contributed by atoms with van der Waals surface area (Å²) in [4.78, 5) is 14.4. The van der Waals surface area contributed by atoms with Gasteiger partial charge >= 0.3 is 5.69 Å². The van der Waals surface area contributed by atoms with Crippen LogP contribution in [0.4, 0.5) is 15.9 Å². The van der Waals surface area contributed by atoms with E-state index in [4.69, 9.17) is 0 Å². The van der Waals surface area contributed by atoms with Crippen LogP contribution in [0, 0.1) is 15.9 Å². The second kappa shape index (κ2) is 6.42. The Morgan fingerprint density at radius 2 is 2.15 bits per heavy atom. The zero-order valence-electron chi connectivity index (χ0n) is 10.3. The third kappa shape index (κ3) is 3.51. The van der Waals surface area contributed by atoms with E-state index in [1.165, 1.54) is 18.3 Å². The Bertz CT molecular complexity index is 637. The molecule has 0 aliphatic carbocycles. The number of anilines is 1. The van der Waals surface area contributed by atoms with Gasteiger partial charge in [-0.05, 0) is 34.0 Å². The molecule has 1 aromatic carbocycles. The summed E-state index contributed by atoms with van der Waals surface area (Å²) in [6.45, 7) is 0.358. The monoisotopic (exact) mass is 339 g/mol. The zero-order chi connectivity index (χ0) is 14.5. The quantitative estimate of drug-likeness (QED) is 0.668. The van der Waals surface area contributed by atoms with Crippen molar-refractivity contribution in [2.45, 2.75) is 6.42 Å². The first-order valence-electron chi connectivity index (χ1n) is 5.85. The topological polar surface area (TPSA) is 68.1 Å². The number of nitrogens with one attached hydrogen (secondary N) is 1. The third-order valence-electron chi connectivity index (χ3n) is 2.68. The van der Waals surface area contributed by atoms with Crippen molar-refractivity contribution in [2.24, 2.45) is 0 Å². The molecule has 0 saturated heterocycles. The molecule has 1 heterocycles. The van der Waals surface area contributed by atoms with Crippen LogP contribution in [0.1, 0.15) is 5.56 Å². The highest BCUT2D eigenvalue weighted by molar-refractivity contribution is 9.10. The number of pyridine rings is 1. The fraction of sp³-hybridized carbons (Fsp3) is 0.154. The van der Waals surface area contributed by atoms with Crippen molar-refractivity contribution in [3.05, 3.63) is 62.5 Å². The first kappa shape index (κ1) is 14.4. The Kier molecular flexibility index (Phi) is 4.62. The van der Waals surface area contributed by atoms with Crippen molar-refractivity contribution in [2.75, 3.05) is 11.9 Å². The molecule has 0 amide bonds. The minimum absolute atomic E-state index is 0.118. The van der Waals surface area contributed by atoms with Crippen LogP contribution in [-0.2, 0) is 6.42 Å². The summed E-state index contributed by atoms with van der Waals surface area (Å²) >= 11 is 3.13. The van der Waals surface area contributed by atoms with E-state index in [1.807, 2.05) is 0 Å². The smallest absolute Gasteiger partial charge is 0.312 e. The summed E-state index contributed by atoms with van der Waals surface area (Å²) in [6.07, 6.45) is 1.89. The van der Waals surface area contributed by atoms with Crippen molar-refractivity contribution in [1.29, 1.82) is 0 Å². The Morgan fingerprint density at radius 1 is 1.40 bits per heavy atom. The predicted molar refractivity (Wildman–Crippen MR) is 77.2 cm³/mol. The third-order valence-corrected chi connectivity index (χ3v) is 3.11. The van der Waals surface area contributed by atoms with Crippen LogP contribution in [0.15, 0.2) is 41.0 Å². The highest BCUT2D eigenvalue weighted by Crippen LogP contribution is 2.25. The van der Waals surface area contributed by atoms with Crippen LogP contribution in [0.25, 0.3) is 0 Å². The van der Waals surface area contributed by atoms with Gasteiger partial charge in [0.25, 0.3) is 0 Å². The van der Waals surface area contributed by atoms with Gasteiger partial charge in [-0.15, -0.1) is 0 Å². The summed E-state index contributed by atoms with van der Waals surface area (Å²) in [5, 5.41) is 13.8. The lowest BCUT2D eigenvalue weighted by Crippen LogP contribution is -2.09. The van der Waals surface area contributed by atoms with Crippen molar-refractivity contribution < 1.29 is 9.31 Å². The minimum atomic E-state index is -0.511. The number of hydrogen-bond acceptors (Lipinski definition) is 4. The van der Waals surface area contributed by atoms with Gasteiger partial charge in [-0.25, -0.2) is 9.37 Å². The van der Waals surface area contributed by atoms with Gasteiger partial charge in [0.05, 0.1) is 4.92 Å². The number of aromatic nitrogens is 1. The second-order valence-electron chi connectivity index (χ2n) is 4.05. The summed E-state index contributed by atoms with van der Waals surface area (Å²) in [7, 11) is 0. The van der Waals surface area contributed by atoms with Gasteiger partial charge in [0.1, 0.15) is 5.82 Å². The van der Waals surface area contributed by atoms with Gasteiger partial charge in [-0.2, -0.15) is 0 Å². The molecule has 0 unspecified atom stereocenters. The normalized spacial score (nSPS) is 10.3. The highest BCUT2D eigenvalue weighted by Gasteiger charge is 2.15. The van der Waals surface area contributed by atoms with E-state index in [2.05, 4.69) is 26.2 Å². The molecule has 0 aliphatic heterocycles. The number of rotatable bonds is 5. The number of hydrogen-bond donors (Lipinski definition) is 1. The van der Waals surface area contributed by atoms with Gasteiger partial charge in [0.15, 0.2) is 0 Å². The summed E-state index contributed by atoms with van der Waals surface area (Å²) < 4.78 is 13.9. The maximum Gasteiger partial charge on any atom is 0.312 e. The van der Waals surface area contributed by atoms with Crippen LogP contribution < -0.4 is 5.32 Å². The molecule has 0 spiro atoms. The van der Waals surface area contributed by atoms with Crippen LogP contribution in [0.5, 0.6) is 0 Å². The number of nitrogens with zero attached hydrogens (tertiary/aromatic N) is 2. The van der Waals surface area contributed by atoms with Crippen molar-refractivity contribution in [3.63, 3.8) is 0 Å². The molecule has 0 aliphatic rings. The molecule has 20 heavy (non-hydrogen) atoms. The molecule has 2 rings (SSSR count). The number of nitro groups is 1. The summed E-state index contributed by atoms with van der Waals surface area (Å²) in [5.41, 5.74) is 0.438. The molecule has 2 aromatic rings. The van der Waals surface area contributed by atoms with Crippen LogP contribution in [0.3, 0.4) is 0 Å². The second-order valence-corrected chi connectivity index (χ2v) is 4.96. The Morgan fingerprint density at radius 3 is 2.85 bits per heavy atom. The lowest BCUT2D eigenvalue weighted by molar-refractivity contribution is -0.384. The molecule has 0 fully saturated rings. The van der Waals surface area contributed by atoms with E-state index in [-0.39, 0.29) is 17.3 Å². The molecule has 0 atom stereocenters. The highest BCUT2D eigenvalue weighted by atomic mass is 79.9. The molecule has 0 bridgehead atoms. The molecule has 104 valence electrons. The van der Waals surface area contributed by atoms with E-state index >= 15 is 0 Å². The molecule has 0 saturated carbocycles. The number of halogens is 2. The first-order chi connectivity index (χ1) is 9.58. The minimum Gasteiger partial charge on any atom is -0.364 e. The molecule has 0 radical (unpaired) electrons. The lowest BCUT2D eigenvalue weighted by atomic mass is 10.1. The SMILES string of the molecule is O=[N+]([O-])c1cc(Br)cnc1NCCc1ccccc1F. The summed E-state index contributed by atoms with van der Waals surface area (Å²) in [5.74, 6) is -0.109. The van der Waals surface area contributed by atoms with Gasteiger partial charge in [0, 0.05) is 23.3 Å². The average molecular weight is 340 g/mol. The maximum atomic E-state index is 13.4. The van der Waals surface area contributed by atoms with E-state index < -0.39 is 4.92 Å². The Balaban J connectivity index is 2.05. The molecular formula is C13H11BrFN3O2. The Hall–Kier alpha value is -2.02. The van der Waals surface area contributed by atoms with E-state index in [0.717, 1.165) is 0 Å². The molecule has 1 N–H and O–H groups in total. The van der Waals surface area contributed by atoms with Gasteiger partial charge < -0.3 is 5.32 Å². The molecule has 1 aromatic heterocycles. The fourth-order valence-corrected chi connectivity index (χ4v) is 2.04. The van der Waals surface area contributed by atoms with E-state index in [1.54, 1.807) is 18.2 Å². The van der Waals surface area contributed by atoms with E-state index in [0.29, 0.717) is 23.0 Å². The molecule has 7 heteroatoms. The van der Waals surface area contributed by atoms with Gasteiger partial charge in [-0.3, -0.25) is 10.1 Å². The van der Waals surface area contributed by atoms with E-state index in [9.17, 15) is 14.5 Å². The van der Waals surface area contributed by atoms with Crippen LogP contribution in [0.2, 0.25) is 0 Å². The summed E-state index contributed by atoms with van der Waals surface area (Å²) in [6, 6.07) is 7.81. The number of benzene rings is 1. The average Bonchev–Trinajstić information content (AvgIpc) is 2.42. The maximum absolute atomic E-state index is 13.4. The van der Waals surface area contributed by atoms with Crippen LogP contribution >= 0.6 is 15.9 Å². The lowest BCUT2D eigenvalue weighted by Gasteiger charge is -2.07. The largest absolute Gasteiger partial charge is 0.364 e. The van der Waals surface area contributed by atoms with Crippen molar-refractivity contribution >= 4 is 27.4 Å².